The molecule has 2 fully saturated rings. The molecule has 1 aliphatic carbocycles. The van der Waals surface area contributed by atoms with E-state index in [1.807, 2.05) is 12.1 Å². The molecule has 7 nitrogen and oxygen atoms in total. The third-order valence-electron chi connectivity index (χ3n) is 6.47. The van der Waals surface area contributed by atoms with Crippen molar-refractivity contribution in [3.63, 3.8) is 0 Å². The van der Waals surface area contributed by atoms with E-state index in [0.717, 1.165) is 54.0 Å². The predicted molar refractivity (Wildman–Crippen MR) is 117 cm³/mol. The zero-order valence-electron chi connectivity index (χ0n) is 17.8. The molecule has 166 valence electrons. The van der Waals surface area contributed by atoms with Crippen molar-refractivity contribution in [2.24, 2.45) is 5.92 Å². The van der Waals surface area contributed by atoms with Crippen molar-refractivity contribution in [2.45, 2.75) is 50.5 Å². The molecular formula is C25H26N3O4-. The zero-order valence-corrected chi connectivity index (χ0v) is 17.8. The van der Waals surface area contributed by atoms with Crippen LogP contribution in [-0.2, 0) is 9.53 Å². The van der Waals surface area contributed by atoms with E-state index in [-0.39, 0.29) is 18.4 Å². The number of anilines is 2. The normalized spacial score (nSPS) is 21.1. The predicted octanol–water partition coefficient (Wildman–Crippen LogP) is 4.36. The molecule has 2 unspecified atom stereocenters. The third-order valence-corrected chi connectivity index (χ3v) is 6.47. The SMILES string of the molecule is O=C([O-])CC1CCC(c2ccc(-c3ccc(Nc4nnc(C5CCC5)o4)cc3)cc2)OC1. The summed E-state index contributed by atoms with van der Waals surface area (Å²) >= 11 is 0. The highest BCUT2D eigenvalue weighted by atomic mass is 16.5. The fourth-order valence-corrected chi connectivity index (χ4v) is 4.33. The Bertz CT molecular complexity index is 1050. The van der Waals surface area contributed by atoms with Crippen molar-refractivity contribution in [3.05, 3.63) is 60.0 Å². The van der Waals surface area contributed by atoms with Crippen LogP contribution in [0, 0.1) is 5.92 Å². The molecule has 2 atom stereocenters. The Kier molecular flexibility index (Phi) is 5.90. The lowest BCUT2D eigenvalue weighted by atomic mass is 9.85. The number of ether oxygens (including phenoxy) is 1. The van der Waals surface area contributed by atoms with Crippen LogP contribution in [0.1, 0.15) is 62.0 Å². The number of hydrogen-bond donors (Lipinski definition) is 1. The lowest BCUT2D eigenvalue weighted by molar-refractivity contribution is -0.307. The molecule has 2 aliphatic rings. The summed E-state index contributed by atoms with van der Waals surface area (Å²) in [5.41, 5.74) is 4.26. The summed E-state index contributed by atoms with van der Waals surface area (Å²) in [5.74, 6) is 0.204. The summed E-state index contributed by atoms with van der Waals surface area (Å²) in [6.45, 7) is 0.469. The van der Waals surface area contributed by atoms with Gasteiger partial charge >= 0.3 is 6.01 Å². The van der Waals surface area contributed by atoms with Crippen molar-refractivity contribution in [2.75, 3.05) is 11.9 Å². The highest BCUT2D eigenvalue weighted by Crippen LogP contribution is 2.36. The summed E-state index contributed by atoms with van der Waals surface area (Å²) in [7, 11) is 0. The van der Waals surface area contributed by atoms with E-state index < -0.39 is 5.97 Å². The minimum absolute atomic E-state index is 0.0212. The largest absolute Gasteiger partial charge is 0.550 e. The fourth-order valence-electron chi connectivity index (χ4n) is 4.33. The number of carboxylic acids is 1. The number of carboxylic acid groups (broad SMARTS) is 1. The number of aromatic nitrogens is 2. The molecule has 1 saturated heterocycles. The molecule has 2 aromatic carbocycles. The highest BCUT2D eigenvalue weighted by molar-refractivity contribution is 5.67. The van der Waals surface area contributed by atoms with Crippen LogP contribution in [0.5, 0.6) is 0 Å². The van der Waals surface area contributed by atoms with Gasteiger partial charge in [-0.1, -0.05) is 47.9 Å². The van der Waals surface area contributed by atoms with E-state index in [1.54, 1.807) is 0 Å². The molecule has 32 heavy (non-hydrogen) atoms. The number of benzene rings is 2. The van der Waals surface area contributed by atoms with Gasteiger partial charge in [-0.2, -0.15) is 0 Å². The summed E-state index contributed by atoms with van der Waals surface area (Å²) < 4.78 is 11.6. The number of carbonyl (C=O) groups excluding carboxylic acids is 1. The highest BCUT2D eigenvalue weighted by Gasteiger charge is 2.25. The molecule has 1 aromatic heterocycles. The van der Waals surface area contributed by atoms with Gasteiger partial charge in [0.1, 0.15) is 0 Å². The monoisotopic (exact) mass is 432 g/mol. The fraction of sp³-hybridized carbons (Fsp3) is 0.400. The molecular weight excluding hydrogens is 406 g/mol. The first kappa shape index (κ1) is 20.7. The first-order valence-corrected chi connectivity index (χ1v) is 11.3. The topological polar surface area (TPSA) is 100 Å². The Labute approximate surface area is 186 Å². The maximum absolute atomic E-state index is 10.8. The van der Waals surface area contributed by atoms with Crippen LogP contribution in [0.25, 0.3) is 11.1 Å². The van der Waals surface area contributed by atoms with Crippen molar-refractivity contribution in [1.29, 1.82) is 0 Å². The molecule has 2 heterocycles. The van der Waals surface area contributed by atoms with E-state index in [4.69, 9.17) is 9.15 Å². The quantitative estimate of drug-likeness (QED) is 0.592. The number of nitrogens with zero attached hydrogens (tertiary/aromatic N) is 2. The van der Waals surface area contributed by atoms with Crippen LogP contribution >= 0.6 is 0 Å². The second kappa shape index (κ2) is 9.12. The van der Waals surface area contributed by atoms with Crippen molar-refractivity contribution >= 4 is 17.7 Å². The third kappa shape index (κ3) is 4.67. The molecule has 5 rings (SSSR count). The second-order valence-electron chi connectivity index (χ2n) is 8.74. The van der Waals surface area contributed by atoms with Gasteiger partial charge in [-0.25, -0.2) is 0 Å². The number of aliphatic carboxylic acids is 1. The lowest BCUT2D eigenvalue weighted by Crippen LogP contribution is -2.29. The van der Waals surface area contributed by atoms with E-state index >= 15 is 0 Å². The van der Waals surface area contributed by atoms with E-state index in [0.29, 0.717) is 18.5 Å². The molecule has 1 saturated carbocycles. The number of rotatable bonds is 7. The summed E-state index contributed by atoms with van der Waals surface area (Å²) in [6.07, 6.45) is 5.26. The first-order valence-electron chi connectivity index (χ1n) is 11.3. The molecule has 0 amide bonds. The lowest BCUT2D eigenvalue weighted by Gasteiger charge is -2.29. The maximum Gasteiger partial charge on any atom is 0.320 e. The maximum atomic E-state index is 10.8. The van der Waals surface area contributed by atoms with Gasteiger partial charge < -0.3 is 24.4 Å². The van der Waals surface area contributed by atoms with E-state index in [1.165, 1.54) is 6.42 Å². The average Bonchev–Trinajstić information content (AvgIpc) is 3.21. The minimum atomic E-state index is -1.00. The molecule has 1 N–H and O–H groups in total. The van der Waals surface area contributed by atoms with Crippen LogP contribution in [0.4, 0.5) is 11.7 Å². The summed E-state index contributed by atoms with van der Waals surface area (Å²) in [5, 5.41) is 22.2. The molecule has 1 aliphatic heterocycles. The van der Waals surface area contributed by atoms with Gasteiger partial charge in [-0.05, 0) is 66.8 Å². The van der Waals surface area contributed by atoms with Gasteiger partial charge in [0.15, 0.2) is 0 Å². The number of hydrogen-bond acceptors (Lipinski definition) is 7. The minimum Gasteiger partial charge on any atom is -0.550 e. The molecule has 3 aromatic rings. The van der Waals surface area contributed by atoms with Crippen LogP contribution in [0.15, 0.2) is 52.9 Å². The van der Waals surface area contributed by atoms with Crippen LogP contribution < -0.4 is 10.4 Å². The zero-order chi connectivity index (χ0) is 21.9. The first-order chi connectivity index (χ1) is 15.6. The van der Waals surface area contributed by atoms with Crippen molar-refractivity contribution < 1.29 is 19.1 Å². The van der Waals surface area contributed by atoms with Gasteiger partial charge in [0.25, 0.3) is 0 Å². The Hall–Kier alpha value is -3.19. The second-order valence-corrected chi connectivity index (χ2v) is 8.74. The smallest absolute Gasteiger partial charge is 0.320 e. The van der Waals surface area contributed by atoms with Crippen molar-refractivity contribution in [3.8, 4) is 11.1 Å². The van der Waals surface area contributed by atoms with E-state index in [9.17, 15) is 9.90 Å². The molecule has 0 bridgehead atoms. The van der Waals surface area contributed by atoms with Gasteiger partial charge in [0, 0.05) is 17.6 Å². The van der Waals surface area contributed by atoms with Gasteiger partial charge in [-0.15, -0.1) is 5.10 Å². The Balaban J connectivity index is 1.18. The Morgan fingerprint density at radius 2 is 1.69 bits per heavy atom. The van der Waals surface area contributed by atoms with Gasteiger partial charge in [0.05, 0.1) is 12.7 Å². The molecule has 0 spiro atoms. The van der Waals surface area contributed by atoms with Gasteiger partial charge in [0.2, 0.25) is 5.89 Å². The Morgan fingerprint density at radius 3 is 2.28 bits per heavy atom. The van der Waals surface area contributed by atoms with Gasteiger partial charge in [-0.3, -0.25) is 0 Å². The van der Waals surface area contributed by atoms with Crippen LogP contribution in [-0.4, -0.2) is 22.8 Å². The van der Waals surface area contributed by atoms with Crippen molar-refractivity contribution in [1.82, 2.24) is 10.2 Å². The Morgan fingerprint density at radius 1 is 0.969 bits per heavy atom. The standard InChI is InChI=1S/C25H27N3O4/c29-23(30)14-16-4-13-22(31-15-16)19-7-5-17(6-8-19)18-9-11-21(12-10-18)26-25-28-27-24(32-25)20-2-1-3-20/h5-12,16,20,22H,1-4,13-15H2,(H,26,28)(H,29,30)/p-1. The summed E-state index contributed by atoms with van der Waals surface area (Å²) in [6, 6.07) is 16.9. The van der Waals surface area contributed by atoms with Crippen LogP contribution in [0.3, 0.4) is 0 Å². The average molecular weight is 433 g/mol. The number of nitrogens with one attached hydrogen (secondary N) is 1. The van der Waals surface area contributed by atoms with Crippen LogP contribution in [0.2, 0.25) is 0 Å². The number of carbonyl (C=O) groups is 1. The van der Waals surface area contributed by atoms with E-state index in [2.05, 4.69) is 51.9 Å². The molecule has 7 heteroatoms. The molecule has 0 radical (unpaired) electrons. The summed E-state index contributed by atoms with van der Waals surface area (Å²) in [4.78, 5) is 10.8.